The molecule has 1 aromatic heterocycles. The van der Waals surface area contributed by atoms with Gasteiger partial charge in [-0.3, -0.25) is 24.5 Å². The Hall–Kier alpha value is -3.75. The second-order valence-electron chi connectivity index (χ2n) is 6.62. The molecule has 1 fully saturated rings. The normalized spacial score (nSPS) is 18.6. The van der Waals surface area contributed by atoms with Crippen LogP contribution in [-0.2, 0) is 16.1 Å². The van der Waals surface area contributed by atoms with Crippen molar-refractivity contribution in [3.8, 4) is 0 Å². The summed E-state index contributed by atoms with van der Waals surface area (Å²) < 4.78 is 0. The molecule has 1 unspecified atom stereocenters. The number of benzene rings is 1. The molecule has 3 heterocycles. The molecule has 0 spiro atoms. The number of aromatic nitrogens is 1. The van der Waals surface area contributed by atoms with E-state index in [0.717, 1.165) is 0 Å². The summed E-state index contributed by atoms with van der Waals surface area (Å²) in [6.07, 6.45) is 1.95. The van der Waals surface area contributed by atoms with E-state index in [1.165, 1.54) is 11.1 Å². The van der Waals surface area contributed by atoms with Gasteiger partial charge in [-0.1, -0.05) is 6.07 Å². The van der Waals surface area contributed by atoms with Crippen molar-refractivity contribution in [1.29, 1.82) is 0 Å². The molecule has 2 aliphatic heterocycles. The smallest absolute Gasteiger partial charge is 0.259 e. The van der Waals surface area contributed by atoms with Crippen LogP contribution in [0.2, 0.25) is 0 Å². The minimum atomic E-state index is -0.713. The van der Waals surface area contributed by atoms with E-state index in [9.17, 15) is 19.2 Å². The number of nitrogens with zero attached hydrogens (tertiary/aromatic N) is 2. The number of nitrogens with two attached hydrogens (primary N) is 1. The van der Waals surface area contributed by atoms with E-state index < -0.39 is 17.9 Å². The largest absolute Gasteiger partial charge is 0.383 e. The van der Waals surface area contributed by atoms with Gasteiger partial charge in [0.25, 0.3) is 11.8 Å². The van der Waals surface area contributed by atoms with Crippen molar-refractivity contribution in [3.05, 3.63) is 53.2 Å². The lowest BCUT2D eigenvalue weighted by molar-refractivity contribution is -0.136. The highest BCUT2D eigenvalue weighted by Gasteiger charge is 2.39. The van der Waals surface area contributed by atoms with Crippen molar-refractivity contribution < 1.29 is 19.2 Å². The Balaban J connectivity index is 1.60. The van der Waals surface area contributed by atoms with E-state index >= 15 is 0 Å². The molecule has 4 amide bonds. The molecule has 4 N–H and O–H groups in total. The Morgan fingerprint density at radius 1 is 1.21 bits per heavy atom. The number of carbonyl (C=O) groups is 4. The quantitative estimate of drug-likeness (QED) is 0.671. The third kappa shape index (κ3) is 2.96. The fourth-order valence-corrected chi connectivity index (χ4v) is 3.50. The Morgan fingerprint density at radius 2 is 2.04 bits per heavy atom. The maximum absolute atomic E-state index is 12.8. The predicted molar refractivity (Wildman–Crippen MR) is 99.1 cm³/mol. The van der Waals surface area contributed by atoms with Gasteiger partial charge in [0.1, 0.15) is 11.9 Å². The van der Waals surface area contributed by atoms with Gasteiger partial charge >= 0.3 is 0 Å². The monoisotopic (exact) mass is 379 g/mol. The first-order valence-electron chi connectivity index (χ1n) is 8.74. The zero-order chi connectivity index (χ0) is 19.8. The van der Waals surface area contributed by atoms with E-state index in [1.54, 1.807) is 30.3 Å². The maximum atomic E-state index is 12.8. The van der Waals surface area contributed by atoms with Crippen LogP contribution in [0.3, 0.4) is 0 Å². The van der Waals surface area contributed by atoms with Gasteiger partial charge in [0.15, 0.2) is 0 Å². The van der Waals surface area contributed by atoms with Gasteiger partial charge in [-0.15, -0.1) is 0 Å². The lowest BCUT2D eigenvalue weighted by Crippen LogP contribution is -2.52. The number of anilines is 2. The van der Waals surface area contributed by atoms with Gasteiger partial charge in [-0.25, -0.2) is 4.98 Å². The second-order valence-corrected chi connectivity index (χ2v) is 6.62. The molecule has 0 saturated carbocycles. The fourth-order valence-electron chi connectivity index (χ4n) is 3.50. The molecule has 1 atom stereocenters. The molecular weight excluding hydrogens is 362 g/mol. The number of rotatable bonds is 3. The molecule has 28 heavy (non-hydrogen) atoms. The third-order valence-corrected chi connectivity index (χ3v) is 4.91. The number of pyridine rings is 1. The van der Waals surface area contributed by atoms with Gasteiger partial charge < -0.3 is 16.0 Å². The summed E-state index contributed by atoms with van der Waals surface area (Å²) in [5.41, 5.74) is 7.48. The molecule has 4 rings (SSSR count). The standard InChI is InChI=1S/C19H17N5O4/c20-16-11(4-2-8-21-16)17(26)22-13-5-1-3-10-12(13)9-24(19(10)28)14-6-7-15(25)23-18(14)27/h1-5,8,14H,6-7,9H2,(H2,20,21)(H,22,26)(H,23,25,27). The van der Waals surface area contributed by atoms with Crippen LogP contribution in [0.5, 0.6) is 0 Å². The average molecular weight is 379 g/mol. The Morgan fingerprint density at radius 3 is 2.79 bits per heavy atom. The Labute approximate surface area is 159 Å². The molecule has 9 heteroatoms. The minimum Gasteiger partial charge on any atom is -0.383 e. The highest BCUT2D eigenvalue weighted by atomic mass is 16.2. The van der Waals surface area contributed by atoms with E-state index in [2.05, 4.69) is 15.6 Å². The highest BCUT2D eigenvalue weighted by molar-refractivity contribution is 6.10. The predicted octanol–water partition coefficient (Wildman–Crippen LogP) is 0.677. The van der Waals surface area contributed by atoms with Crippen LogP contribution in [-0.4, -0.2) is 39.6 Å². The summed E-state index contributed by atoms with van der Waals surface area (Å²) in [4.78, 5) is 54.2. The second kappa shape index (κ2) is 6.76. The van der Waals surface area contributed by atoms with Crippen molar-refractivity contribution >= 4 is 35.1 Å². The molecule has 0 radical (unpaired) electrons. The minimum absolute atomic E-state index is 0.105. The lowest BCUT2D eigenvalue weighted by atomic mass is 10.0. The summed E-state index contributed by atoms with van der Waals surface area (Å²) in [5, 5.41) is 5.04. The van der Waals surface area contributed by atoms with E-state index in [1.807, 2.05) is 0 Å². The van der Waals surface area contributed by atoms with E-state index in [-0.39, 0.29) is 42.6 Å². The first-order chi connectivity index (χ1) is 13.5. The Bertz CT molecular complexity index is 1020. The molecule has 1 aromatic carbocycles. The highest BCUT2D eigenvalue weighted by Crippen LogP contribution is 2.32. The van der Waals surface area contributed by atoms with Crippen LogP contribution < -0.4 is 16.4 Å². The van der Waals surface area contributed by atoms with Gasteiger partial charge in [0, 0.05) is 36.0 Å². The number of nitrogens with one attached hydrogen (secondary N) is 2. The number of nitrogen functional groups attached to an aromatic ring is 1. The van der Waals surface area contributed by atoms with Crippen LogP contribution in [0.4, 0.5) is 11.5 Å². The van der Waals surface area contributed by atoms with Gasteiger partial charge in [0.05, 0.1) is 5.56 Å². The van der Waals surface area contributed by atoms with Gasteiger partial charge in [-0.2, -0.15) is 0 Å². The van der Waals surface area contributed by atoms with Crippen LogP contribution in [0.15, 0.2) is 36.5 Å². The van der Waals surface area contributed by atoms with Crippen molar-refractivity contribution in [2.45, 2.75) is 25.4 Å². The third-order valence-electron chi connectivity index (χ3n) is 4.91. The molecule has 1 saturated heterocycles. The molecule has 142 valence electrons. The summed E-state index contributed by atoms with van der Waals surface area (Å²) in [5.74, 6) is -1.46. The number of amides is 4. The van der Waals surface area contributed by atoms with E-state index in [4.69, 9.17) is 5.73 Å². The van der Waals surface area contributed by atoms with Crippen molar-refractivity contribution in [2.24, 2.45) is 0 Å². The summed E-state index contributed by atoms with van der Waals surface area (Å²) >= 11 is 0. The van der Waals surface area contributed by atoms with Gasteiger partial charge in [0.2, 0.25) is 11.8 Å². The number of fused-ring (bicyclic) bond motifs is 1. The van der Waals surface area contributed by atoms with Crippen LogP contribution >= 0.6 is 0 Å². The van der Waals surface area contributed by atoms with Crippen LogP contribution in [0, 0.1) is 0 Å². The lowest BCUT2D eigenvalue weighted by Gasteiger charge is -2.29. The molecule has 2 aliphatic rings. The maximum Gasteiger partial charge on any atom is 0.259 e. The first-order valence-corrected chi connectivity index (χ1v) is 8.74. The molecule has 0 aliphatic carbocycles. The summed E-state index contributed by atoms with van der Waals surface area (Å²) in [7, 11) is 0. The van der Waals surface area contributed by atoms with E-state index in [0.29, 0.717) is 16.8 Å². The topological polar surface area (TPSA) is 134 Å². The van der Waals surface area contributed by atoms with Crippen LogP contribution in [0.25, 0.3) is 0 Å². The molecule has 9 nitrogen and oxygen atoms in total. The number of hydrogen-bond donors (Lipinski definition) is 3. The number of hydrogen-bond acceptors (Lipinski definition) is 6. The zero-order valence-corrected chi connectivity index (χ0v) is 14.8. The zero-order valence-electron chi connectivity index (χ0n) is 14.8. The Kier molecular flexibility index (Phi) is 4.26. The summed E-state index contributed by atoms with van der Waals surface area (Å²) in [6.45, 7) is 0.166. The molecular formula is C19H17N5O4. The van der Waals surface area contributed by atoms with Crippen molar-refractivity contribution in [2.75, 3.05) is 11.1 Å². The first kappa shape index (κ1) is 17.7. The SMILES string of the molecule is Nc1ncccc1C(=O)Nc1cccc2c1CN(C1CCC(=O)NC1=O)C2=O. The van der Waals surface area contributed by atoms with Crippen molar-refractivity contribution in [1.82, 2.24) is 15.2 Å². The molecule has 0 bridgehead atoms. The summed E-state index contributed by atoms with van der Waals surface area (Å²) in [6, 6.07) is 7.45. The van der Waals surface area contributed by atoms with Crippen molar-refractivity contribution in [3.63, 3.8) is 0 Å². The van der Waals surface area contributed by atoms with Crippen LogP contribution in [0.1, 0.15) is 39.1 Å². The number of piperidine rings is 1. The van der Waals surface area contributed by atoms with Gasteiger partial charge in [-0.05, 0) is 30.7 Å². The average Bonchev–Trinajstić information content (AvgIpc) is 3.00. The number of carbonyl (C=O) groups excluding carboxylic acids is 4. The molecule has 2 aromatic rings. The number of imide groups is 1. The fraction of sp³-hybridized carbons (Fsp3) is 0.211.